The van der Waals surface area contributed by atoms with Crippen molar-refractivity contribution in [2.75, 3.05) is 13.1 Å². The van der Waals surface area contributed by atoms with E-state index in [9.17, 15) is 18.4 Å². The summed E-state index contributed by atoms with van der Waals surface area (Å²) in [6.45, 7) is 6.60. The Morgan fingerprint density at radius 3 is 2.50 bits per heavy atom. The van der Waals surface area contributed by atoms with Gasteiger partial charge < -0.3 is 19.2 Å². The number of fused-ring (bicyclic) bond motifs is 1. The van der Waals surface area contributed by atoms with E-state index in [0.717, 1.165) is 17.7 Å². The first kappa shape index (κ1) is 22.0. The topological polar surface area (TPSA) is 80.4 Å². The number of hydrogen-bond acceptors (Lipinski definition) is 4. The van der Waals surface area contributed by atoms with Crippen LogP contribution in [0.1, 0.15) is 48.8 Å². The zero-order valence-corrected chi connectivity index (χ0v) is 18.3. The summed E-state index contributed by atoms with van der Waals surface area (Å²) in [5.41, 5.74) is 1.46. The molecule has 1 aliphatic rings. The summed E-state index contributed by atoms with van der Waals surface area (Å²) in [6.07, 6.45) is 4.18. The molecule has 2 aromatic heterocycles. The molecular weight excluding hydrogens is 418 g/mol. The van der Waals surface area contributed by atoms with Gasteiger partial charge in [0.2, 0.25) is 5.91 Å². The molecule has 1 atom stereocenters. The summed E-state index contributed by atoms with van der Waals surface area (Å²) in [5, 5.41) is 2.97. The highest BCUT2D eigenvalue weighted by molar-refractivity contribution is 5.93. The van der Waals surface area contributed by atoms with Crippen LogP contribution in [0.5, 0.6) is 0 Å². The van der Waals surface area contributed by atoms with E-state index in [4.69, 9.17) is 4.42 Å². The molecule has 0 radical (unpaired) electrons. The first-order valence-electron chi connectivity index (χ1n) is 10.7. The zero-order valence-electron chi connectivity index (χ0n) is 18.3. The van der Waals surface area contributed by atoms with E-state index in [1.54, 1.807) is 15.5 Å². The number of aromatic nitrogens is 2. The van der Waals surface area contributed by atoms with Crippen LogP contribution in [0.25, 0.3) is 11.0 Å². The second kappa shape index (κ2) is 8.72. The Balaban J connectivity index is 1.46. The standard InChI is InChI=1S/C23H26F2N4O3/c1-13(2)20(29-12-26-18-10-16(24)17(25)11-19(18)29)23(31)28-7-4-15(5-8-28)27-22(30)21-14(3)6-9-32-21/h6,9-13,15,20H,4-5,7-8H2,1-3H3,(H,27,30). The van der Waals surface area contributed by atoms with Crippen molar-refractivity contribution in [2.24, 2.45) is 5.92 Å². The van der Waals surface area contributed by atoms with E-state index in [2.05, 4.69) is 10.3 Å². The SMILES string of the molecule is Cc1ccoc1C(=O)NC1CCN(C(=O)C(C(C)C)n2cnc3cc(F)c(F)cc32)CC1. The fourth-order valence-corrected chi connectivity index (χ4v) is 4.26. The van der Waals surface area contributed by atoms with Gasteiger partial charge in [0.25, 0.3) is 5.91 Å². The maximum Gasteiger partial charge on any atom is 0.287 e. The molecule has 1 unspecified atom stereocenters. The first-order valence-corrected chi connectivity index (χ1v) is 10.7. The number of furan rings is 1. The fourth-order valence-electron chi connectivity index (χ4n) is 4.26. The van der Waals surface area contributed by atoms with Gasteiger partial charge in [0.1, 0.15) is 6.04 Å². The molecule has 0 bridgehead atoms. The van der Waals surface area contributed by atoms with Gasteiger partial charge in [0.15, 0.2) is 17.4 Å². The summed E-state index contributed by atoms with van der Waals surface area (Å²) in [4.78, 5) is 31.7. The molecule has 0 spiro atoms. The quantitative estimate of drug-likeness (QED) is 0.649. The minimum Gasteiger partial charge on any atom is -0.459 e. The van der Waals surface area contributed by atoms with Crippen LogP contribution in [0, 0.1) is 24.5 Å². The average Bonchev–Trinajstić information content (AvgIpc) is 3.35. The lowest BCUT2D eigenvalue weighted by atomic mass is 9.99. The van der Waals surface area contributed by atoms with Crippen molar-refractivity contribution in [3.63, 3.8) is 0 Å². The zero-order chi connectivity index (χ0) is 23.0. The third-order valence-corrected chi connectivity index (χ3v) is 6.01. The van der Waals surface area contributed by atoms with Crippen molar-refractivity contribution >= 4 is 22.8 Å². The molecule has 1 saturated heterocycles. The Morgan fingerprint density at radius 2 is 1.88 bits per heavy atom. The van der Waals surface area contributed by atoms with Gasteiger partial charge in [-0.05, 0) is 31.7 Å². The summed E-state index contributed by atoms with van der Waals surface area (Å²) in [5.74, 6) is -2.08. The van der Waals surface area contributed by atoms with Crippen LogP contribution in [0.2, 0.25) is 0 Å². The van der Waals surface area contributed by atoms with Crippen LogP contribution in [-0.2, 0) is 4.79 Å². The highest BCUT2D eigenvalue weighted by Gasteiger charge is 2.33. The Bertz CT molecular complexity index is 1150. The number of amides is 2. The molecule has 1 fully saturated rings. The molecule has 170 valence electrons. The van der Waals surface area contributed by atoms with Crippen LogP contribution in [0.3, 0.4) is 0 Å². The Labute approximate surface area is 184 Å². The van der Waals surface area contributed by atoms with E-state index in [0.29, 0.717) is 42.7 Å². The second-order valence-electron chi connectivity index (χ2n) is 8.60. The van der Waals surface area contributed by atoms with Gasteiger partial charge in [0, 0.05) is 36.8 Å². The predicted octanol–water partition coefficient (Wildman–Crippen LogP) is 3.83. The summed E-state index contributed by atoms with van der Waals surface area (Å²) < 4.78 is 34.3. The van der Waals surface area contributed by atoms with Crippen LogP contribution < -0.4 is 5.32 Å². The third kappa shape index (κ3) is 4.11. The monoisotopic (exact) mass is 444 g/mol. The number of hydrogen-bond donors (Lipinski definition) is 1. The number of benzene rings is 1. The molecular formula is C23H26F2N4O3. The minimum atomic E-state index is -0.974. The Morgan fingerprint density at radius 1 is 1.19 bits per heavy atom. The number of halogens is 2. The second-order valence-corrected chi connectivity index (χ2v) is 8.60. The largest absolute Gasteiger partial charge is 0.459 e. The van der Waals surface area contributed by atoms with Crippen molar-refractivity contribution in [2.45, 2.75) is 45.7 Å². The van der Waals surface area contributed by atoms with Gasteiger partial charge in [-0.3, -0.25) is 9.59 Å². The molecule has 0 aliphatic carbocycles. The van der Waals surface area contributed by atoms with Crippen LogP contribution in [0.4, 0.5) is 8.78 Å². The normalized spacial score (nSPS) is 16.0. The molecule has 9 heteroatoms. The van der Waals surface area contributed by atoms with Gasteiger partial charge >= 0.3 is 0 Å². The smallest absolute Gasteiger partial charge is 0.287 e. The molecule has 32 heavy (non-hydrogen) atoms. The number of carbonyl (C=O) groups is 2. The number of carbonyl (C=O) groups excluding carboxylic acids is 2. The van der Waals surface area contributed by atoms with Crippen LogP contribution in [0.15, 0.2) is 35.2 Å². The van der Waals surface area contributed by atoms with E-state index in [1.165, 1.54) is 12.6 Å². The van der Waals surface area contributed by atoms with E-state index in [-0.39, 0.29) is 23.8 Å². The molecule has 1 aromatic carbocycles. The molecule has 1 aliphatic heterocycles. The summed E-state index contributed by atoms with van der Waals surface area (Å²) in [6, 6.07) is 3.21. The first-order chi connectivity index (χ1) is 15.3. The third-order valence-electron chi connectivity index (χ3n) is 6.01. The molecule has 4 rings (SSSR count). The molecule has 3 heterocycles. The van der Waals surface area contributed by atoms with Gasteiger partial charge in [-0.15, -0.1) is 0 Å². The highest BCUT2D eigenvalue weighted by atomic mass is 19.2. The molecule has 1 N–H and O–H groups in total. The van der Waals surface area contributed by atoms with Crippen molar-refractivity contribution in [3.8, 4) is 0 Å². The van der Waals surface area contributed by atoms with E-state index >= 15 is 0 Å². The molecule has 7 nitrogen and oxygen atoms in total. The van der Waals surface area contributed by atoms with Crippen LogP contribution in [-0.4, -0.2) is 45.4 Å². The van der Waals surface area contributed by atoms with Crippen molar-refractivity contribution in [3.05, 3.63) is 53.7 Å². The minimum absolute atomic E-state index is 0.0558. The lowest BCUT2D eigenvalue weighted by Crippen LogP contribution is -2.49. The number of imidazole rings is 1. The maximum atomic E-state index is 13.8. The molecule has 0 saturated carbocycles. The van der Waals surface area contributed by atoms with E-state index < -0.39 is 17.7 Å². The average molecular weight is 444 g/mol. The lowest BCUT2D eigenvalue weighted by molar-refractivity contribution is -0.137. The van der Waals surface area contributed by atoms with Gasteiger partial charge in [-0.2, -0.15) is 0 Å². The number of nitrogens with one attached hydrogen (secondary N) is 1. The van der Waals surface area contributed by atoms with Crippen molar-refractivity contribution in [1.29, 1.82) is 0 Å². The summed E-state index contributed by atoms with van der Waals surface area (Å²) >= 11 is 0. The number of likely N-dealkylation sites (tertiary alicyclic amines) is 1. The Kier molecular flexibility index (Phi) is 5.99. The summed E-state index contributed by atoms with van der Waals surface area (Å²) in [7, 11) is 0. The lowest BCUT2D eigenvalue weighted by Gasteiger charge is -2.35. The number of aryl methyl sites for hydroxylation is 1. The Hall–Kier alpha value is -3.23. The van der Waals surface area contributed by atoms with Gasteiger partial charge in [0.05, 0.1) is 23.6 Å². The molecule has 3 aromatic rings. The van der Waals surface area contributed by atoms with Gasteiger partial charge in [-0.25, -0.2) is 13.8 Å². The fraction of sp³-hybridized carbons (Fsp3) is 0.435. The van der Waals surface area contributed by atoms with E-state index in [1.807, 2.05) is 20.8 Å². The van der Waals surface area contributed by atoms with Crippen molar-refractivity contribution in [1.82, 2.24) is 19.8 Å². The maximum absolute atomic E-state index is 13.8. The number of piperidine rings is 1. The molecule has 2 amide bonds. The predicted molar refractivity (Wildman–Crippen MR) is 114 cm³/mol. The number of rotatable bonds is 5. The van der Waals surface area contributed by atoms with Crippen LogP contribution >= 0.6 is 0 Å². The van der Waals surface area contributed by atoms with Crippen molar-refractivity contribution < 1.29 is 22.8 Å². The number of nitrogens with zero attached hydrogens (tertiary/aromatic N) is 3. The highest BCUT2D eigenvalue weighted by Crippen LogP contribution is 2.28. The van der Waals surface area contributed by atoms with Gasteiger partial charge in [-0.1, -0.05) is 13.8 Å².